The highest BCUT2D eigenvalue weighted by Gasteiger charge is 1.97. The molecule has 1 aromatic carbocycles. The molecule has 92 valence electrons. The molecule has 0 aliphatic rings. The molecule has 1 aromatic rings. The first kappa shape index (κ1) is 14.8. The summed E-state index contributed by atoms with van der Waals surface area (Å²) in [5, 5.41) is 3.37. The van der Waals surface area contributed by atoms with Gasteiger partial charge in [-0.25, -0.2) is 0 Å². The van der Waals surface area contributed by atoms with Crippen LogP contribution in [-0.2, 0) is 0 Å². The summed E-state index contributed by atoms with van der Waals surface area (Å²) in [5.41, 5.74) is 11.1. The molecule has 0 unspecified atom stereocenters. The summed E-state index contributed by atoms with van der Waals surface area (Å²) in [6, 6.07) is 7.03. The molecule has 0 radical (unpaired) electrons. The van der Waals surface area contributed by atoms with E-state index in [0.29, 0.717) is 5.75 Å². The van der Waals surface area contributed by atoms with Crippen LogP contribution in [0.2, 0.25) is 0 Å². The highest BCUT2D eigenvalue weighted by Crippen LogP contribution is 2.11. The molecule has 0 aliphatic carbocycles. The summed E-state index contributed by atoms with van der Waals surface area (Å²) in [6.45, 7) is 2.90. The van der Waals surface area contributed by atoms with Gasteiger partial charge in [-0.15, -0.1) is 6.42 Å². The highest BCUT2D eigenvalue weighted by atomic mass is 16.5. The molecule has 0 atom stereocenters. The normalized spacial score (nSPS) is 9.82. The van der Waals surface area contributed by atoms with Crippen molar-refractivity contribution >= 4 is 5.84 Å². The third kappa shape index (κ3) is 6.07. The van der Waals surface area contributed by atoms with Gasteiger partial charge in [-0.3, -0.25) is 0 Å². The third-order valence-electron chi connectivity index (χ3n) is 1.61. The average molecular weight is 234 g/mol. The van der Waals surface area contributed by atoms with Crippen LogP contribution >= 0.6 is 0 Å². The summed E-state index contributed by atoms with van der Waals surface area (Å²) in [4.78, 5) is 0. The third-order valence-corrected chi connectivity index (χ3v) is 1.61. The molecule has 0 saturated carbocycles. The average Bonchev–Trinajstić information content (AvgIpc) is 2.37. The molecule has 6 N–H and O–H groups in total. The van der Waals surface area contributed by atoms with Crippen molar-refractivity contribution in [2.24, 2.45) is 22.4 Å². The van der Waals surface area contributed by atoms with Gasteiger partial charge >= 0.3 is 0 Å². The van der Waals surface area contributed by atoms with Crippen molar-refractivity contribution in [3.05, 3.63) is 29.8 Å². The van der Waals surface area contributed by atoms with Gasteiger partial charge in [0.2, 0.25) is 0 Å². The van der Waals surface area contributed by atoms with E-state index in [2.05, 4.69) is 11.0 Å². The smallest absolute Gasteiger partial charge is 0.150 e. The van der Waals surface area contributed by atoms with Crippen LogP contribution in [0, 0.1) is 12.3 Å². The summed E-state index contributed by atoms with van der Waals surface area (Å²) in [5.74, 6) is 8.38. The van der Waals surface area contributed by atoms with Gasteiger partial charge in [0.1, 0.15) is 18.2 Å². The molecular formula is C12H18N4O. The number of nitrogens with zero attached hydrogens (tertiary/aromatic N) is 1. The molecule has 0 fully saturated rings. The standard InChI is InChI=1S/C10H11N3O.C2H7N/c1-2-7-14-9-5-3-8(4-6-9)10(11)13-12;1-2-3/h1,3-6H,7,12H2,(H2,11,13);2-3H2,1H3. The van der Waals surface area contributed by atoms with E-state index in [9.17, 15) is 0 Å². The number of hydrazone groups is 1. The lowest BCUT2D eigenvalue weighted by Crippen LogP contribution is -2.15. The Labute approximate surface area is 102 Å². The molecule has 0 saturated heterocycles. The zero-order valence-corrected chi connectivity index (χ0v) is 9.89. The van der Waals surface area contributed by atoms with Crippen molar-refractivity contribution in [3.63, 3.8) is 0 Å². The number of nitrogens with two attached hydrogens (primary N) is 3. The van der Waals surface area contributed by atoms with E-state index >= 15 is 0 Å². The molecule has 0 heterocycles. The minimum atomic E-state index is 0.250. The topological polar surface area (TPSA) is 99.6 Å². The van der Waals surface area contributed by atoms with Crippen LogP contribution in [0.3, 0.4) is 0 Å². The number of terminal acetylenes is 1. The number of hydrogen-bond acceptors (Lipinski definition) is 4. The van der Waals surface area contributed by atoms with Crippen molar-refractivity contribution in [1.29, 1.82) is 0 Å². The molecule has 17 heavy (non-hydrogen) atoms. The zero-order valence-electron chi connectivity index (χ0n) is 9.89. The number of amidine groups is 1. The first-order chi connectivity index (χ1) is 8.19. The fourth-order valence-electron chi connectivity index (χ4n) is 0.921. The summed E-state index contributed by atoms with van der Waals surface area (Å²) >= 11 is 0. The molecule has 1 rings (SSSR count). The van der Waals surface area contributed by atoms with Gasteiger partial charge in [0.05, 0.1) is 0 Å². The minimum absolute atomic E-state index is 0.250. The molecule has 0 spiro atoms. The predicted molar refractivity (Wildman–Crippen MR) is 70.4 cm³/mol. The van der Waals surface area contributed by atoms with E-state index in [0.717, 1.165) is 12.1 Å². The Kier molecular flexibility index (Phi) is 7.90. The quantitative estimate of drug-likeness (QED) is 0.229. The lowest BCUT2D eigenvalue weighted by atomic mass is 10.2. The Morgan fingerprint density at radius 1 is 1.41 bits per heavy atom. The van der Waals surface area contributed by atoms with Crippen molar-refractivity contribution in [2.75, 3.05) is 13.2 Å². The Morgan fingerprint density at radius 2 is 1.94 bits per heavy atom. The van der Waals surface area contributed by atoms with E-state index in [4.69, 9.17) is 28.5 Å². The van der Waals surface area contributed by atoms with Crippen molar-refractivity contribution in [3.8, 4) is 18.1 Å². The Morgan fingerprint density at radius 3 is 2.35 bits per heavy atom. The molecule has 0 aromatic heterocycles. The second-order valence-corrected chi connectivity index (χ2v) is 2.94. The van der Waals surface area contributed by atoms with Gasteiger partial charge in [0.25, 0.3) is 0 Å². The fourth-order valence-corrected chi connectivity index (χ4v) is 0.921. The van der Waals surface area contributed by atoms with Gasteiger partial charge in [0, 0.05) is 5.56 Å². The Bertz CT molecular complexity index is 378. The highest BCUT2D eigenvalue weighted by molar-refractivity contribution is 5.97. The number of rotatable bonds is 3. The van der Waals surface area contributed by atoms with Crippen LogP contribution in [0.4, 0.5) is 0 Å². The van der Waals surface area contributed by atoms with Gasteiger partial charge in [-0.2, -0.15) is 5.10 Å². The fraction of sp³-hybridized carbons (Fsp3) is 0.250. The van der Waals surface area contributed by atoms with E-state index in [1.165, 1.54) is 0 Å². The van der Waals surface area contributed by atoms with Crippen molar-refractivity contribution in [2.45, 2.75) is 6.92 Å². The molecule has 0 aliphatic heterocycles. The maximum absolute atomic E-state index is 5.50. The molecule has 5 nitrogen and oxygen atoms in total. The first-order valence-electron chi connectivity index (χ1n) is 5.09. The van der Waals surface area contributed by atoms with Gasteiger partial charge in [0.15, 0.2) is 0 Å². The number of ether oxygens (including phenoxy) is 1. The SMILES string of the molecule is C#CCOc1ccc(/C(N)=N/N)cc1.CCN. The molecular weight excluding hydrogens is 216 g/mol. The summed E-state index contributed by atoms with van der Waals surface area (Å²) in [7, 11) is 0. The Balaban J connectivity index is 0.000000770. The van der Waals surface area contributed by atoms with Crippen LogP contribution in [0.1, 0.15) is 12.5 Å². The zero-order chi connectivity index (χ0) is 13.1. The monoisotopic (exact) mass is 234 g/mol. The second-order valence-electron chi connectivity index (χ2n) is 2.94. The van der Waals surface area contributed by atoms with Crippen LogP contribution in [-0.4, -0.2) is 19.0 Å². The van der Waals surface area contributed by atoms with E-state index in [-0.39, 0.29) is 12.4 Å². The van der Waals surface area contributed by atoms with E-state index < -0.39 is 0 Å². The second kappa shape index (κ2) is 9.07. The summed E-state index contributed by atoms with van der Waals surface area (Å²) in [6.07, 6.45) is 5.05. The molecule has 5 heteroatoms. The van der Waals surface area contributed by atoms with Crippen LogP contribution in [0.5, 0.6) is 5.75 Å². The first-order valence-corrected chi connectivity index (χ1v) is 5.09. The maximum atomic E-state index is 5.50. The van der Waals surface area contributed by atoms with Gasteiger partial charge in [-0.05, 0) is 30.8 Å². The number of benzene rings is 1. The lowest BCUT2D eigenvalue weighted by molar-refractivity contribution is 0.370. The molecule has 0 amide bonds. The van der Waals surface area contributed by atoms with Crippen molar-refractivity contribution < 1.29 is 4.74 Å². The lowest BCUT2D eigenvalue weighted by Gasteiger charge is -2.03. The van der Waals surface area contributed by atoms with Crippen LogP contribution in [0.25, 0.3) is 0 Å². The van der Waals surface area contributed by atoms with E-state index in [1.54, 1.807) is 24.3 Å². The van der Waals surface area contributed by atoms with E-state index in [1.807, 2.05) is 6.92 Å². The van der Waals surface area contributed by atoms with Gasteiger partial charge in [-0.1, -0.05) is 12.8 Å². The summed E-state index contributed by atoms with van der Waals surface area (Å²) < 4.78 is 5.18. The van der Waals surface area contributed by atoms with Crippen LogP contribution in [0.15, 0.2) is 29.4 Å². The van der Waals surface area contributed by atoms with Gasteiger partial charge < -0.3 is 22.0 Å². The minimum Gasteiger partial charge on any atom is -0.481 e. The van der Waals surface area contributed by atoms with Crippen molar-refractivity contribution in [1.82, 2.24) is 0 Å². The number of hydrogen-bond donors (Lipinski definition) is 3. The Hall–Kier alpha value is -2.19. The maximum Gasteiger partial charge on any atom is 0.150 e. The predicted octanol–water partition coefficient (Wildman–Crippen LogP) is 0.243. The van der Waals surface area contributed by atoms with Crippen LogP contribution < -0.4 is 22.0 Å². The largest absolute Gasteiger partial charge is 0.481 e. The molecule has 0 bridgehead atoms.